The number of hydrogen-bond acceptors (Lipinski definition) is 5. The summed E-state index contributed by atoms with van der Waals surface area (Å²) in [4.78, 5) is 25.3. The Hall–Kier alpha value is -1.99. The Morgan fingerprint density at radius 2 is 2.00 bits per heavy atom. The first-order chi connectivity index (χ1) is 12.3. The Bertz CT molecular complexity index is 865. The summed E-state index contributed by atoms with van der Waals surface area (Å²) in [5, 5.41) is 7.64. The number of likely N-dealkylation sites (N-methyl/N-ethyl adjacent to an activating group) is 1. The van der Waals surface area contributed by atoms with E-state index in [1.54, 1.807) is 13.2 Å². The van der Waals surface area contributed by atoms with Crippen LogP contribution in [0.3, 0.4) is 0 Å². The number of halogens is 1. The highest BCUT2D eigenvalue weighted by atomic mass is 79.9. The van der Waals surface area contributed by atoms with Crippen molar-refractivity contribution in [2.75, 3.05) is 25.5 Å². The lowest BCUT2D eigenvalue weighted by Crippen LogP contribution is -2.52. The predicted octanol–water partition coefficient (Wildman–Crippen LogP) is 2.65. The molecule has 0 spiro atoms. The third kappa shape index (κ3) is 3.88. The Balaban J connectivity index is 1.85. The van der Waals surface area contributed by atoms with Crippen LogP contribution in [-0.2, 0) is 7.05 Å². The summed E-state index contributed by atoms with van der Waals surface area (Å²) in [6.07, 6.45) is 3.46. The Labute approximate surface area is 161 Å². The Kier molecular flexibility index (Phi) is 5.29. The number of aldehydes is 1. The molecule has 1 aromatic heterocycles. The second kappa shape index (κ2) is 7.32. The van der Waals surface area contributed by atoms with Crippen LogP contribution in [0.4, 0.5) is 5.69 Å². The van der Waals surface area contributed by atoms with Gasteiger partial charge >= 0.3 is 0 Å². The van der Waals surface area contributed by atoms with Crippen molar-refractivity contribution >= 4 is 27.9 Å². The second-order valence-corrected chi connectivity index (χ2v) is 8.16. The van der Waals surface area contributed by atoms with Crippen LogP contribution in [-0.4, -0.2) is 46.6 Å². The quantitative estimate of drug-likeness (QED) is 0.772. The van der Waals surface area contributed by atoms with Crippen molar-refractivity contribution in [1.82, 2.24) is 14.7 Å². The van der Waals surface area contributed by atoms with Gasteiger partial charge in [-0.2, -0.15) is 5.10 Å². The summed E-state index contributed by atoms with van der Waals surface area (Å²) in [6, 6.07) is 7.79. The fourth-order valence-corrected chi connectivity index (χ4v) is 4.25. The van der Waals surface area contributed by atoms with Crippen molar-refractivity contribution in [3.05, 3.63) is 56.4 Å². The van der Waals surface area contributed by atoms with Crippen LogP contribution in [0.15, 0.2) is 39.7 Å². The molecular weight excluding hydrogens is 396 g/mol. The van der Waals surface area contributed by atoms with Gasteiger partial charge in [0.05, 0.1) is 11.9 Å². The van der Waals surface area contributed by atoms with Crippen LogP contribution in [0.1, 0.15) is 35.2 Å². The molecule has 0 amide bonds. The second-order valence-electron chi connectivity index (χ2n) is 7.37. The topological polar surface area (TPSA) is 67.2 Å². The number of likely N-dealkylation sites (tertiary alicyclic amines) is 1. The fraction of sp³-hybridized carbons (Fsp3) is 0.421. The molecule has 1 aliphatic heterocycles. The molecule has 0 aliphatic carbocycles. The Morgan fingerprint density at radius 3 is 2.65 bits per heavy atom. The molecule has 1 aliphatic rings. The SMILES string of the molecule is CN1C[C@@H](c2ccc(C=O)cc2)C[C@](C)(Nc2cnn(C)c(=O)c2Br)C1. The highest BCUT2D eigenvalue weighted by Crippen LogP contribution is 2.35. The van der Waals surface area contributed by atoms with Gasteiger partial charge in [0.2, 0.25) is 0 Å². The number of aromatic nitrogens is 2. The van der Waals surface area contributed by atoms with Crippen molar-refractivity contribution < 1.29 is 4.79 Å². The summed E-state index contributed by atoms with van der Waals surface area (Å²) in [7, 11) is 3.73. The average Bonchev–Trinajstić information content (AvgIpc) is 2.61. The van der Waals surface area contributed by atoms with Gasteiger partial charge in [-0.25, -0.2) is 4.68 Å². The van der Waals surface area contributed by atoms with Crippen LogP contribution in [0.25, 0.3) is 0 Å². The van der Waals surface area contributed by atoms with E-state index in [0.29, 0.717) is 21.6 Å². The highest BCUT2D eigenvalue weighted by molar-refractivity contribution is 9.10. The van der Waals surface area contributed by atoms with Gasteiger partial charge in [-0.05, 0) is 47.8 Å². The third-order valence-electron chi connectivity index (χ3n) is 4.91. The zero-order valence-corrected chi connectivity index (χ0v) is 16.8. The maximum absolute atomic E-state index is 12.1. The minimum Gasteiger partial charge on any atom is -0.376 e. The molecule has 138 valence electrons. The molecule has 2 atom stereocenters. The number of aryl methyl sites for hydroxylation is 1. The van der Waals surface area contributed by atoms with Crippen LogP contribution >= 0.6 is 15.9 Å². The molecule has 0 saturated carbocycles. The number of nitrogens with zero attached hydrogens (tertiary/aromatic N) is 3. The van der Waals surface area contributed by atoms with E-state index in [-0.39, 0.29) is 11.1 Å². The van der Waals surface area contributed by atoms with Gasteiger partial charge in [0.25, 0.3) is 5.56 Å². The van der Waals surface area contributed by atoms with Crippen molar-refractivity contribution in [3.63, 3.8) is 0 Å². The van der Waals surface area contributed by atoms with Gasteiger partial charge in [0.15, 0.2) is 0 Å². The van der Waals surface area contributed by atoms with E-state index < -0.39 is 0 Å². The number of hydrogen-bond donors (Lipinski definition) is 1. The van der Waals surface area contributed by atoms with E-state index in [2.05, 4.69) is 45.2 Å². The lowest BCUT2D eigenvalue weighted by molar-refractivity contribution is 0.112. The average molecular weight is 419 g/mol. The zero-order chi connectivity index (χ0) is 18.9. The van der Waals surface area contributed by atoms with Gasteiger partial charge in [-0.15, -0.1) is 0 Å². The molecule has 0 bridgehead atoms. The van der Waals surface area contributed by atoms with E-state index >= 15 is 0 Å². The molecule has 0 unspecified atom stereocenters. The standard InChI is InChI=1S/C19H23BrN4O2/c1-19(22-16-9-21-24(3)18(26)17(16)20)8-15(10-23(2)12-19)14-6-4-13(11-25)5-7-14/h4-7,9,11,15,22H,8,10,12H2,1-3H3/t15-,19-/m0/s1. The van der Waals surface area contributed by atoms with Crippen LogP contribution in [0.2, 0.25) is 0 Å². The predicted molar refractivity (Wildman–Crippen MR) is 106 cm³/mol. The van der Waals surface area contributed by atoms with Gasteiger partial charge in [0.1, 0.15) is 10.8 Å². The molecule has 26 heavy (non-hydrogen) atoms. The molecule has 3 rings (SSSR count). The summed E-state index contributed by atoms with van der Waals surface area (Å²) in [5.74, 6) is 0.338. The Morgan fingerprint density at radius 1 is 1.31 bits per heavy atom. The first kappa shape index (κ1) is 18.8. The molecule has 1 N–H and O–H groups in total. The molecule has 0 radical (unpaired) electrons. The summed E-state index contributed by atoms with van der Waals surface area (Å²) >= 11 is 3.39. The molecule has 1 aromatic carbocycles. The van der Waals surface area contributed by atoms with E-state index in [4.69, 9.17) is 0 Å². The minimum atomic E-state index is -0.211. The van der Waals surface area contributed by atoms with Gasteiger partial charge < -0.3 is 10.2 Å². The number of nitrogens with one attached hydrogen (secondary N) is 1. The van der Waals surface area contributed by atoms with Crippen LogP contribution in [0.5, 0.6) is 0 Å². The number of rotatable bonds is 4. The first-order valence-corrected chi connectivity index (χ1v) is 9.34. The van der Waals surface area contributed by atoms with Crippen molar-refractivity contribution in [2.24, 2.45) is 7.05 Å². The summed E-state index contributed by atoms with van der Waals surface area (Å²) in [5.41, 5.74) is 2.24. The van der Waals surface area contributed by atoms with E-state index in [9.17, 15) is 9.59 Å². The maximum Gasteiger partial charge on any atom is 0.282 e. The number of benzene rings is 1. The van der Waals surface area contributed by atoms with Crippen LogP contribution in [0, 0.1) is 0 Å². The van der Waals surface area contributed by atoms with Crippen molar-refractivity contribution in [3.8, 4) is 0 Å². The smallest absolute Gasteiger partial charge is 0.282 e. The first-order valence-electron chi connectivity index (χ1n) is 8.55. The van der Waals surface area contributed by atoms with E-state index in [0.717, 1.165) is 25.8 Å². The largest absolute Gasteiger partial charge is 0.376 e. The zero-order valence-electron chi connectivity index (χ0n) is 15.2. The minimum absolute atomic E-state index is 0.163. The molecule has 6 nitrogen and oxygen atoms in total. The van der Waals surface area contributed by atoms with Gasteiger partial charge in [-0.1, -0.05) is 24.3 Å². The number of anilines is 1. The van der Waals surface area contributed by atoms with Gasteiger partial charge in [0, 0.05) is 31.2 Å². The third-order valence-corrected chi connectivity index (χ3v) is 5.67. The fourth-order valence-electron chi connectivity index (χ4n) is 3.79. The van der Waals surface area contributed by atoms with E-state index in [1.807, 2.05) is 24.3 Å². The molecule has 2 heterocycles. The number of carbonyl (C=O) groups is 1. The van der Waals surface area contributed by atoms with Crippen molar-refractivity contribution in [2.45, 2.75) is 24.8 Å². The van der Waals surface area contributed by atoms with Gasteiger partial charge in [-0.3, -0.25) is 9.59 Å². The van der Waals surface area contributed by atoms with Crippen molar-refractivity contribution in [1.29, 1.82) is 0 Å². The van der Waals surface area contributed by atoms with E-state index in [1.165, 1.54) is 10.2 Å². The monoisotopic (exact) mass is 418 g/mol. The molecule has 1 fully saturated rings. The molecule has 7 heteroatoms. The van der Waals surface area contributed by atoms with Crippen LogP contribution < -0.4 is 10.9 Å². The lowest BCUT2D eigenvalue weighted by atomic mass is 9.80. The molecule has 1 saturated heterocycles. The lowest BCUT2D eigenvalue weighted by Gasteiger charge is -2.44. The highest BCUT2D eigenvalue weighted by Gasteiger charge is 2.36. The maximum atomic E-state index is 12.1. The molecular formula is C19H23BrN4O2. The number of piperidine rings is 1. The number of carbonyl (C=O) groups excluding carboxylic acids is 1. The normalized spacial score (nSPS) is 23.6. The summed E-state index contributed by atoms with van der Waals surface area (Å²) < 4.78 is 1.80. The molecule has 2 aromatic rings. The summed E-state index contributed by atoms with van der Waals surface area (Å²) in [6.45, 7) is 3.98.